The van der Waals surface area contributed by atoms with Crippen molar-refractivity contribution in [2.45, 2.75) is 32.9 Å². The number of benzene rings is 1. The molecule has 1 aromatic carbocycles. The highest BCUT2D eigenvalue weighted by Crippen LogP contribution is 2.13. The summed E-state index contributed by atoms with van der Waals surface area (Å²) in [5.74, 6) is 0. The average Bonchev–Trinajstić information content (AvgIpc) is 2.24. The van der Waals surface area contributed by atoms with E-state index in [1.165, 1.54) is 0 Å². The highest BCUT2D eigenvalue weighted by Gasteiger charge is 2.15. The molecule has 0 fully saturated rings. The van der Waals surface area contributed by atoms with Crippen molar-refractivity contribution in [2.24, 2.45) is 0 Å². The molecule has 0 unspecified atom stereocenters. The predicted octanol–water partition coefficient (Wildman–Crippen LogP) is 2.78. The molecule has 0 saturated carbocycles. The fourth-order valence-corrected chi connectivity index (χ4v) is 1.43. The van der Waals surface area contributed by atoms with Crippen molar-refractivity contribution in [3.63, 3.8) is 0 Å². The molecule has 0 aliphatic carbocycles. The summed E-state index contributed by atoms with van der Waals surface area (Å²) in [6.07, 6.45) is -0.391. The lowest BCUT2D eigenvalue weighted by molar-refractivity contribution is 0.0523. The summed E-state index contributed by atoms with van der Waals surface area (Å²) in [6, 6.07) is 8.01. The SMILES string of the molecule is CN(C)c1cccc(CNC(=O)OC(C)(C)C)c1. The van der Waals surface area contributed by atoms with E-state index in [1.54, 1.807) is 0 Å². The van der Waals surface area contributed by atoms with Gasteiger partial charge in [0.05, 0.1) is 0 Å². The molecule has 0 aliphatic heterocycles. The number of anilines is 1. The lowest BCUT2D eigenvalue weighted by Gasteiger charge is -2.20. The van der Waals surface area contributed by atoms with Gasteiger partial charge in [-0.3, -0.25) is 0 Å². The Bertz CT molecular complexity index is 409. The predicted molar refractivity (Wildman–Crippen MR) is 73.8 cm³/mol. The summed E-state index contributed by atoms with van der Waals surface area (Å²) in [5.41, 5.74) is 1.70. The van der Waals surface area contributed by atoms with Crippen LogP contribution in [0.5, 0.6) is 0 Å². The van der Waals surface area contributed by atoms with Gasteiger partial charge in [-0.1, -0.05) is 12.1 Å². The van der Waals surface area contributed by atoms with Gasteiger partial charge in [-0.05, 0) is 38.5 Å². The summed E-state index contributed by atoms with van der Waals surface area (Å²) < 4.78 is 5.18. The van der Waals surface area contributed by atoms with Gasteiger partial charge in [-0.15, -0.1) is 0 Å². The molecule has 1 N–H and O–H groups in total. The number of hydrogen-bond donors (Lipinski definition) is 1. The van der Waals surface area contributed by atoms with Crippen LogP contribution in [0.1, 0.15) is 26.3 Å². The van der Waals surface area contributed by atoms with Crippen LogP contribution in [0.15, 0.2) is 24.3 Å². The zero-order valence-electron chi connectivity index (χ0n) is 11.8. The minimum atomic E-state index is -0.463. The van der Waals surface area contributed by atoms with Gasteiger partial charge in [0.2, 0.25) is 0 Å². The van der Waals surface area contributed by atoms with Gasteiger partial charge in [0.25, 0.3) is 0 Å². The quantitative estimate of drug-likeness (QED) is 0.897. The number of carbonyl (C=O) groups excluding carboxylic acids is 1. The van der Waals surface area contributed by atoms with Gasteiger partial charge in [0.1, 0.15) is 5.60 Å². The molecule has 4 nitrogen and oxygen atoms in total. The third kappa shape index (κ3) is 5.08. The third-order valence-electron chi connectivity index (χ3n) is 2.26. The molecule has 0 spiro atoms. The van der Waals surface area contributed by atoms with E-state index in [1.807, 2.05) is 64.0 Å². The minimum Gasteiger partial charge on any atom is -0.444 e. The Balaban J connectivity index is 2.53. The van der Waals surface area contributed by atoms with Gasteiger partial charge >= 0.3 is 6.09 Å². The Kier molecular flexibility index (Phi) is 4.59. The zero-order valence-corrected chi connectivity index (χ0v) is 11.8. The van der Waals surface area contributed by atoms with Gasteiger partial charge in [-0.25, -0.2) is 4.79 Å². The number of nitrogens with zero attached hydrogens (tertiary/aromatic N) is 1. The van der Waals surface area contributed by atoms with Gasteiger partial charge in [0, 0.05) is 26.3 Å². The molecular formula is C14H22N2O2. The van der Waals surface area contributed by atoms with E-state index in [4.69, 9.17) is 4.74 Å². The second-order valence-electron chi connectivity index (χ2n) is 5.42. The summed E-state index contributed by atoms with van der Waals surface area (Å²) in [4.78, 5) is 13.5. The molecule has 0 heterocycles. The molecule has 4 heteroatoms. The van der Waals surface area contributed by atoms with Crippen molar-refractivity contribution < 1.29 is 9.53 Å². The van der Waals surface area contributed by atoms with Crippen molar-refractivity contribution in [3.8, 4) is 0 Å². The highest BCUT2D eigenvalue weighted by molar-refractivity contribution is 5.67. The average molecular weight is 250 g/mol. The largest absolute Gasteiger partial charge is 0.444 e. The van der Waals surface area contributed by atoms with Crippen LogP contribution in [0, 0.1) is 0 Å². The van der Waals surface area contributed by atoms with Crippen LogP contribution < -0.4 is 10.2 Å². The monoisotopic (exact) mass is 250 g/mol. The fraction of sp³-hybridized carbons (Fsp3) is 0.500. The first-order chi connectivity index (χ1) is 8.28. The Morgan fingerprint density at radius 1 is 1.33 bits per heavy atom. The standard InChI is InChI=1S/C14H22N2O2/c1-14(2,3)18-13(17)15-10-11-7-6-8-12(9-11)16(4)5/h6-9H,10H2,1-5H3,(H,15,17). The van der Waals surface area contributed by atoms with Crippen LogP contribution in [0.4, 0.5) is 10.5 Å². The summed E-state index contributed by atoms with van der Waals surface area (Å²) in [7, 11) is 3.97. The number of nitrogens with one attached hydrogen (secondary N) is 1. The maximum atomic E-state index is 11.5. The molecule has 0 bridgehead atoms. The van der Waals surface area contributed by atoms with E-state index in [2.05, 4.69) is 5.32 Å². The van der Waals surface area contributed by atoms with E-state index in [9.17, 15) is 4.79 Å². The van der Waals surface area contributed by atoms with Gasteiger partial charge in [0.15, 0.2) is 0 Å². The Morgan fingerprint density at radius 3 is 2.56 bits per heavy atom. The molecular weight excluding hydrogens is 228 g/mol. The molecule has 0 aliphatic rings. The number of ether oxygens (including phenoxy) is 1. The first-order valence-corrected chi connectivity index (χ1v) is 6.01. The molecule has 1 aromatic rings. The number of rotatable bonds is 3. The number of alkyl carbamates (subject to hydrolysis) is 1. The van der Waals surface area contributed by atoms with Crippen molar-refractivity contribution in [3.05, 3.63) is 29.8 Å². The number of amides is 1. The van der Waals surface area contributed by atoms with Crippen LogP contribution >= 0.6 is 0 Å². The molecule has 18 heavy (non-hydrogen) atoms. The van der Waals surface area contributed by atoms with Gasteiger partial charge in [-0.2, -0.15) is 0 Å². The molecule has 0 aromatic heterocycles. The smallest absolute Gasteiger partial charge is 0.407 e. The maximum Gasteiger partial charge on any atom is 0.407 e. The maximum absolute atomic E-state index is 11.5. The Morgan fingerprint density at radius 2 is 2.00 bits per heavy atom. The van der Waals surface area contributed by atoms with Crippen LogP contribution in [-0.2, 0) is 11.3 Å². The van der Waals surface area contributed by atoms with Crippen LogP contribution in [-0.4, -0.2) is 25.8 Å². The molecule has 1 rings (SSSR count). The van der Waals surface area contributed by atoms with Crippen molar-refractivity contribution in [1.29, 1.82) is 0 Å². The lowest BCUT2D eigenvalue weighted by atomic mass is 10.2. The molecule has 0 atom stereocenters. The first-order valence-electron chi connectivity index (χ1n) is 6.01. The van der Waals surface area contributed by atoms with E-state index >= 15 is 0 Å². The van der Waals surface area contributed by atoms with Crippen LogP contribution in [0.3, 0.4) is 0 Å². The van der Waals surface area contributed by atoms with Gasteiger partial charge < -0.3 is 15.0 Å². The van der Waals surface area contributed by atoms with Crippen LogP contribution in [0.2, 0.25) is 0 Å². The number of carbonyl (C=O) groups is 1. The van der Waals surface area contributed by atoms with E-state index in [0.29, 0.717) is 6.54 Å². The third-order valence-corrected chi connectivity index (χ3v) is 2.26. The summed E-state index contributed by atoms with van der Waals surface area (Å²) in [5, 5.41) is 2.74. The Labute approximate surface area is 109 Å². The fourth-order valence-electron chi connectivity index (χ4n) is 1.43. The number of hydrogen-bond acceptors (Lipinski definition) is 3. The van der Waals surface area contributed by atoms with E-state index in [0.717, 1.165) is 11.3 Å². The first kappa shape index (κ1) is 14.4. The lowest BCUT2D eigenvalue weighted by Crippen LogP contribution is -2.32. The topological polar surface area (TPSA) is 41.6 Å². The van der Waals surface area contributed by atoms with Crippen molar-refractivity contribution in [2.75, 3.05) is 19.0 Å². The molecule has 1 amide bonds. The molecule has 0 saturated heterocycles. The second kappa shape index (κ2) is 5.76. The normalized spacial score (nSPS) is 10.9. The molecule has 100 valence electrons. The minimum absolute atomic E-state index is 0.391. The van der Waals surface area contributed by atoms with Crippen LogP contribution in [0.25, 0.3) is 0 Å². The van der Waals surface area contributed by atoms with Crippen molar-refractivity contribution >= 4 is 11.8 Å². The van der Waals surface area contributed by atoms with E-state index < -0.39 is 11.7 Å². The van der Waals surface area contributed by atoms with E-state index in [-0.39, 0.29) is 0 Å². The highest BCUT2D eigenvalue weighted by atomic mass is 16.6. The zero-order chi connectivity index (χ0) is 13.8. The van der Waals surface area contributed by atoms with Crippen molar-refractivity contribution in [1.82, 2.24) is 5.32 Å². The Hall–Kier alpha value is -1.71. The summed E-state index contributed by atoms with van der Waals surface area (Å²) >= 11 is 0. The molecule has 0 radical (unpaired) electrons. The summed E-state index contributed by atoms with van der Waals surface area (Å²) in [6.45, 7) is 6.01. The second-order valence-corrected chi connectivity index (χ2v) is 5.42.